The number of hydrogen-bond acceptors (Lipinski definition) is 2. The van der Waals surface area contributed by atoms with Crippen LogP contribution in [0.5, 0.6) is 0 Å². The van der Waals surface area contributed by atoms with Gasteiger partial charge in [0, 0.05) is 0 Å². The molecule has 0 aliphatic carbocycles. The Bertz CT molecular complexity index is 285. The highest BCUT2D eigenvalue weighted by molar-refractivity contribution is 6.00. The maximum Gasteiger partial charge on any atom is 0.189 e. The normalized spacial score (nSPS) is 14.1. The van der Waals surface area contributed by atoms with Gasteiger partial charge in [0.1, 0.15) is 5.60 Å². The number of rotatable bonds is 7. The molecule has 0 N–H and O–H groups in total. The maximum absolute atomic E-state index is 11.9. The van der Waals surface area contributed by atoms with Crippen LogP contribution in [0.3, 0.4) is 0 Å². The van der Waals surface area contributed by atoms with E-state index in [9.17, 15) is 4.79 Å². The van der Waals surface area contributed by atoms with Crippen LogP contribution < -0.4 is 0 Å². The van der Waals surface area contributed by atoms with Gasteiger partial charge in [-0.2, -0.15) is 0 Å². The first-order valence-electron chi connectivity index (χ1n) is 5.81. The number of carbonyl (C=O) groups is 1. The minimum atomic E-state index is -0.707. The van der Waals surface area contributed by atoms with E-state index in [-0.39, 0.29) is 5.78 Å². The third kappa shape index (κ3) is 4.75. The van der Waals surface area contributed by atoms with Gasteiger partial charge in [-0.25, -0.2) is 0 Å². The molecule has 0 saturated heterocycles. The van der Waals surface area contributed by atoms with Crippen molar-refractivity contribution >= 4 is 5.78 Å². The summed E-state index contributed by atoms with van der Waals surface area (Å²) in [5.74, 6) is 0.00667. The molecule has 1 atom stereocenters. The summed E-state index contributed by atoms with van der Waals surface area (Å²) in [5, 5.41) is 0. The van der Waals surface area contributed by atoms with E-state index in [1.54, 1.807) is 6.92 Å². The van der Waals surface area contributed by atoms with E-state index >= 15 is 0 Å². The summed E-state index contributed by atoms with van der Waals surface area (Å²) in [6.45, 7) is 13.9. The highest BCUT2D eigenvalue weighted by Gasteiger charge is 2.31. The lowest BCUT2D eigenvalue weighted by atomic mass is 9.93. The monoisotopic (exact) mass is 224 g/mol. The molecule has 0 amide bonds. The molecule has 0 aliphatic rings. The van der Waals surface area contributed by atoms with Gasteiger partial charge in [-0.1, -0.05) is 25.2 Å². The Hall–Kier alpha value is -0.890. The van der Waals surface area contributed by atoms with Crippen LogP contribution in [-0.2, 0) is 9.53 Å². The van der Waals surface area contributed by atoms with Gasteiger partial charge in [0.2, 0.25) is 0 Å². The fourth-order valence-electron chi connectivity index (χ4n) is 1.41. The SMILES string of the molecule is C=C(C)C(=O)C(C)(CC)OCCC=C(C)C. The first-order chi connectivity index (χ1) is 7.33. The van der Waals surface area contributed by atoms with E-state index in [4.69, 9.17) is 4.74 Å². The molecule has 0 rings (SSSR count). The van der Waals surface area contributed by atoms with E-state index in [2.05, 4.69) is 26.5 Å². The van der Waals surface area contributed by atoms with Crippen molar-refractivity contribution in [3.05, 3.63) is 23.8 Å². The minimum Gasteiger partial charge on any atom is -0.367 e. The molecule has 1 unspecified atom stereocenters. The zero-order chi connectivity index (χ0) is 12.8. The van der Waals surface area contributed by atoms with Crippen molar-refractivity contribution in [3.63, 3.8) is 0 Å². The van der Waals surface area contributed by atoms with Gasteiger partial charge in [0.15, 0.2) is 5.78 Å². The van der Waals surface area contributed by atoms with E-state index in [0.29, 0.717) is 18.6 Å². The summed E-state index contributed by atoms with van der Waals surface area (Å²) in [6, 6.07) is 0. The molecular formula is C14H24O2. The van der Waals surface area contributed by atoms with Gasteiger partial charge in [-0.3, -0.25) is 4.79 Å². The van der Waals surface area contributed by atoms with Crippen LogP contribution in [0, 0.1) is 0 Å². The van der Waals surface area contributed by atoms with E-state index in [1.165, 1.54) is 5.57 Å². The maximum atomic E-state index is 11.9. The fraction of sp³-hybridized carbons (Fsp3) is 0.643. The average Bonchev–Trinajstić information content (AvgIpc) is 2.22. The second-order valence-electron chi connectivity index (χ2n) is 4.61. The Morgan fingerprint density at radius 2 is 1.94 bits per heavy atom. The topological polar surface area (TPSA) is 26.3 Å². The number of ether oxygens (including phenoxy) is 1. The number of hydrogen-bond donors (Lipinski definition) is 0. The molecule has 0 heterocycles. The molecule has 0 saturated carbocycles. The molecule has 0 bridgehead atoms. The molecule has 16 heavy (non-hydrogen) atoms. The summed E-state index contributed by atoms with van der Waals surface area (Å²) < 4.78 is 5.70. The van der Waals surface area contributed by atoms with Crippen molar-refractivity contribution in [3.8, 4) is 0 Å². The highest BCUT2D eigenvalue weighted by Crippen LogP contribution is 2.20. The largest absolute Gasteiger partial charge is 0.367 e. The predicted octanol–water partition coefficient (Wildman–Crippen LogP) is 3.67. The summed E-state index contributed by atoms with van der Waals surface area (Å²) in [6.07, 6.45) is 3.64. The van der Waals surface area contributed by atoms with Crippen LogP contribution in [0.1, 0.15) is 47.5 Å². The lowest BCUT2D eigenvalue weighted by Gasteiger charge is -2.27. The van der Waals surface area contributed by atoms with Crippen LogP contribution >= 0.6 is 0 Å². The van der Waals surface area contributed by atoms with Crippen molar-refractivity contribution in [2.75, 3.05) is 6.61 Å². The molecule has 92 valence electrons. The Labute approximate surface area is 99.4 Å². The van der Waals surface area contributed by atoms with Crippen LogP contribution in [0.2, 0.25) is 0 Å². The first-order valence-corrected chi connectivity index (χ1v) is 5.81. The van der Waals surface area contributed by atoms with Crippen molar-refractivity contribution in [2.45, 2.75) is 53.1 Å². The highest BCUT2D eigenvalue weighted by atomic mass is 16.5. The minimum absolute atomic E-state index is 0.00667. The molecule has 0 fully saturated rings. The van der Waals surface area contributed by atoms with Crippen molar-refractivity contribution in [1.29, 1.82) is 0 Å². The summed E-state index contributed by atoms with van der Waals surface area (Å²) in [5.41, 5.74) is 1.13. The van der Waals surface area contributed by atoms with Gasteiger partial charge in [0.05, 0.1) is 6.61 Å². The molecule has 0 spiro atoms. The second kappa shape index (κ2) is 6.64. The van der Waals surface area contributed by atoms with Gasteiger partial charge in [0.25, 0.3) is 0 Å². The average molecular weight is 224 g/mol. The Morgan fingerprint density at radius 3 is 2.31 bits per heavy atom. The van der Waals surface area contributed by atoms with Gasteiger partial charge in [-0.15, -0.1) is 0 Å². The number of Topliss-reactive ketones (excluding diaryl/α,β-unsaturated/α-hetero) is 1. The third-order valence-electron chi connectivity index (χ3n) is 2.63. The van der Waals surface area contributed by atoms with Gasteiger partial charge in [-0.05, 0) is 46.1 Å². The standard InChI is InChI=1S/C14H24O2/c1-7-14(6,13(15)12(4)5)16-10-8-9-11(2)3/h9H,4,7-8,10H2,1-3,5-6H3. The van der Waals surface area contributed by atoms with Gasteiger partial charge < -0.3 is 4.74 Å². The molecule has 0 aromatic heterocycles. The molecule has 0 aromatic rings. The van der Waals surface area contributed by atoms with E-state index in [1.807, 2.05) is 13.8 Å². The molecule has 0 aromatic carbocycles. The lowest BCUT2D eigenvalue weighted by Crippen LogP contribution is -2.38. The van der Waals surface area contributed by atoms with Crippen LogP contribution in [0.15, 0.2) is 23.8 Å². The van der Waals surface area contributed by atoms with Crippen LogP contribution in [0.25, 0.3) is 0 Å². The summed E-state index contributed by atoms with van der Waals surface area (Å²) in [4.78, 5) is 11.9. The van der Waals surface area contributed by atoms with E-state index < -0.39 is 5.60 Å². The second-order valence-corrected chi connectivity index (χ2v) is 4.61. The van der Waals surface area contributed by atoms with E-state index in [0.717, 1.165) is 6.42 Å². The predicted molar refractivity (Wildman–Crippen MR) is 68.5 cm³/mol. The summed E-state index contributed by atoms with van der Waals surface area (Å²) >= 11 is 0. The Kier molecular flexibility index (Phi) is 6.27. The quantitative estimate of drug-likeness (QED) is 0.374. The zero-order valence-corrected chi connectivity index (χ0v) is 11.2. The fourth-order valence-corrected chi connectivity index (χ4v) is 1.41. The first kappa shape index (κ1) is 15.1. The third-order valence-corrected chi connectivity index (χ3v) is 2.63. The smallest absolute Gasteiger partial charge is 0.189 e. The van der Waals surface area contributed by atoms with Gasteiger partial charge >= 0.3 is 0 Å². The number of ketones is 1. The van der Waals surface area contributed by atoms with Crippen LogP contribution in [-0.4, -0.2) is 18.0 Å². The molecule has 0 radical (unpaired) electrons. The lowest BCUT2D eigenvalue weighted by molar-refractivity contribution is -0.138. The Balaban J connectivity index is 4.33. The van der Waals surface area contributed by atoms with Crippen LogP contribution in [0.4, 0.5) is 0 Å². The summed E-state index contributed by atoms with van der Waals surface area (Å²) in [7, 11) is 0. The van der Waals surface area contributed by atoms with Crippen molar-refractivity contribution in [2.24, 2.45) is 0 Å². The Morgan fingerprint density at radius 1 is 1.38 bits per heavy atom. The zero-order valence-electron chi connectivity index (χ0n) is 11.2. The molecular weight excluding hydrogens is 200 g/mol. The van der Waals surface area contributed by atoms with Crippen molar-refractivity contribution < 1.29 is 9.53 Å². The molecule has 2 nitrogen and oxygen atoms in total. The molecule has 0 aliphatic heterocycles. The van der Waals surface area contributed by atoms with Crippen molar-refractivity contribution in [1.82, 2.24) is 0 Å². The number of carbonyl (C=O) groups excluding carboxylic acids is 1. The number of allylic oxidation sites excluding steroid dienone is 1. The molecule has 2 heteroatoms.